The minimum atomic E-state index is -0.483. The highest BCUT2D eigenvalue weighted by molar-refractivity contribution is 7.98. The Morgan fingerprint density at radius 1 is 1.53 bits per heavy atom. The van der Waals surface area contributed by atoms with E-state index in [1.807, 2.05) is 12.3 Å². The molecule has 15 heavy (non-hydrogen) atoms. The van der Waals surface area contributed by atoms with E-state index in [2.05, 4.69) is 0 Å². The number of hydrogen-bond acceptors (Lipinski definition) is 4. The van der Waals surface area contributed by atoms with E-state index in [1.54, 1.807) is 19.2 Å². The van der Waals surface area contributed by atoms with Gasteiger partial charge in [-0.05, 0) is 24.0 Å². The summed E-state index contributed by atoms with van der Waals surface area (Å²) in [5, 5.41) is 10.1. The van der Waals surface area contributed by atoms with Gasteiger partial charge in [0, 0.05) is 11.0 Å². The van der Waals surface area contributed by atoms with Crippen molar-refractivity contribution < 1.29 is 9.66 Å². The van der Waals surface area contributed by atoms with Gasteiger partial charge in [0.2, 0.25) is 6.20 Å². The maximum atomic E-state index is 10.1. The molecule has 0 atom stereocenters. The Hall–Kier alpha value is -1.49. The summed E-state index contributed by atoms with van der Waals surface area (Å²) in [6.07, 6.45) is 4.31. The van der Waals surface area contributed by atoms with Crippen molar-refractivity contribution in [2.24, 2.45) is 0 Å². The fourth-order valence-corrected chi connectivity index (χ4v) is 1.71. The van der Waals surface area contributed by atoms with Crippen LogP contribution in [-0.4, -0.2) is 18.3 Å². The van der Waals surface area contributed by atoms with Crippen molar-refractivity contribution in [3.05, 3.63) is 40.1 Å². The van der Waals surface area contributed by atoms with Gasteiger partial charge < -0.3 is 4.74 Å². The number of nitrogens with zero attached hydrogens (tertiary/aromatic N) is 1. The number of thioether (sulfide) groups is 1. The van der Waals surface area contributed by atoms with Crippen LogP contribution in [0.2, 0.25) is 0 Å². The van der Waals surface area contributed by atoms with Crippen molar-refractivity contribution >= 4 is 17.8 Å². The number of ether oxygens (including phenoxy) is 1. The summed E-state index contributed by atoms with van der Waals surface area (Å²) in [7, 11) is 1.60. The molecular formula is C10H11NO3S. The zero-order valence-electron chi connectivity index (χ0n) is 8.47. The van der Waals surface area contributed by atoms with Crippen LogP contribution in [0, 0.1) is 10.1 Å². The molecule has 5 heteroatoms. The van der Waals surface area contributed by atoms with Crippen LogP contribution in [0.4, 0.5) is 0 Å². The van der Waals surface area contributed by atoms with Gasteiger partial charge in [0.05, 0.1) is 12.0 Å². The molecule has 0 bridgehead atoms. The molecule has 1 rings (SSSR count). The van der Waals surface area contributed by atoms with Crippen LogP contribution in [0.3, 0.4) is 0 Å². The number of rotatable bonds is 4. The summed E-state index contributed by atoms with van der Waals surface area (Å²) >= 11 is 1.54. The first-order chi connectivity index (χ1) is 7.17. The smallest absolute Gasteiger partial charge is 0.235 e. The molecule has 1 aromatic carbocycles. The Morgan fingerprint density at radius 3 is 2.80 bits per heavy atom. The van der Waals surface area contributed by atoms with Gasteiger partial charge >= 0.3 is 0 Å². The van der Waals surface area contributed by atoms with E-state index in [1.165, 1.54) is 17.8 Å². The lowest BCUT2D eigenvalue weighted by Crippen LogP contribution is -1.87. The number of methoxy groups -OCH3 is 1. The second kappa shape index (κ2) is 5.41. The Morgan fingerprint density at radius 2 is 2.27 bits per heavy atom. The Bertz CT molecular complexity index is 390. The molecule has 0 fully saturated rings. The lowest BCUT2D eigenvalue weighted by molar-refractivity contribution is -0.400. The molecule has 0 amide bonds. The first-order valence-corrected chi connectivity index (χ1v) is 5.43. The molecular weight excluding hydrogens is 214 g/mol. The average molecular weight is 225 g/mol. The van der Waals surface area contributed by atoms with E-state index < -0.39 is 4.92 Å². The van der Waals surface area contributed by atoms with Crippen LogP contribution >= 0.6 is 11.8 Å². The maximum absolute atomic E-state index is 10.1. The molecule has 0 heterocycles. The fourth-order valence-electron chi connectivity index (χ4n) is 1.10. The third-order valence-electron chi connectivity index (χ3n) is 1.80. The van der Waals surface area contributed by atoms with E-state index in [0.717, 1.165) is 22.4 Å². The molecule has 4 nitrogen and oxygen atoms in total. The third-order valence-corrected chi connectivity index (χ3v) is 2.56. The van der Waals surface area contributed by atoms with E-state index in [-0.39, 0.29) is 0 Å². The minimum absolute atomic E-state index is 0.483. The van der Waals surface area contributed by atoms with E-state index in [9.17, 15) is 10.1 Å². The molecule has 1 aromatic rings. The van der Waals surface area contributed by atoms with E-state index in [4.69, 9.17) is 4.74 Å². The maximum Gasteiger partial charge on any atom is 0.235 e. The normalized spacial score (nSPS) is 10.5. The molecule has 0 aliphatic rings. The van der Waals surface area contributed by atoms with Crippen LogP contribution in [0.1, 0.15) is 5.56 Å². The van der Waals surface area contributed by atoms with Gasteiger partial charge in [-0.25, -0.2) is 0 Å². The largest absolute Gasteiger partial charge is 0.496 e. The van der Waals surface area contributed by atoms with Gasteiger partial charge in [-0.2, -0.15) is 0 Å². The van der Waals surface area contributed by atoms with Crippen molar-refractivity contribution in [2.45, 2.75) is 4.90 Å². The zero-order chi connectivity index (χ0) is 11.3. The Balaban J connectivity index is 2.97. The van der Waals surface area contributed by atoms with Crippen molar-refractivity contribution in [2.75, 3.05) is 13.4 Å². The average Bonchev–Trinajstić information content (AvgIpc) is 2.25. The molecule has 0 N–H and O–H groups in total. The zero-order valence-corrected chi connectivity index (χ0v) is 9.28. The molecule has 0 aromatic heterocycles. The van der Waals surface area contributed by atoms with Crippen LogP contribution in [0.25, 0.3) is 6.08 Å². The second-order valence-electron chi connectivity index (χ2n) is 2.72. The second-order valence-corrected chi connectivity index (χ2v) is 3.56. The van der Waals surface area contributed by atoms with Crippen LogP contribution in [0.15, 0.2) is 29.3 Å². The first-order valence-electron chi connectivity index (χ1n) is 4.21. The lowest BCUT2D eigenvalue weighted by atomic mass is 10.2. The van der Waals surface area contributed by atoms with Crippen molar-refractivity contribution in [1.29, 1.82) is 0 Å². The van der Waals surface area contributed by atoms with Gasteiger partial charge in [-0.15, -0.1) is 11.8 Å². The predicted octanol–water partition coefficient (Wildman–Crippen LogP) is 2.66. The van der Waals surface area contributed by atoms with Gasteiger partial charge in [0.1, 0.15) is 5.75 Å². The quantitative estimate of drug-likeness (QED) is 0.449. The van der Waals surface area contributed by atoms with E-state index in [0.29, 0.717) is 0 Å². The molecule has 0 aliphatic carbocycles. The highest BCUT2D eigenvalue weighted by Gasteiger charge is 2.01. The highest BCUT2D eigenvalue weighted by atomic mass is 32.2. The Kier molecular flexibility index (Phi) is 4.17. The van der Waals surface area contributed by atoms with Crippen LogP contribution in [0.5, 0.6) is 5.75 Å². The number of nitro groups is 1. The van der Waals surface area contributed by atoms with Gasteiger partial charge in [0.25, 0.3) is 0 Å². The van der Waals surface area contributed by atoms with Gasteiger partial charge in [-0.3, -0.25) is 10.1 Å². The highest BCUT2D eigenvalue weighted by Crippen LogP contribution is 2.28. The molecule has 0 saturated heterocycles. The summed E-state index contributed by atoms with van der Waals surface area (Å²) in [6, 6.07) is 5.42. The lowest BCUT2D eigenvalue weighted by Gasteiger charge is -2.05. The van der Waals surface area contributed by atoms with Gasteiger partial charge in [-0.1, -0.05) is 6.07 Å². The first kappa shape index (κ1) is 11.6. The molecule has 0 unspecified atom stereocenters. The SMILES string of the molecule is COc1ccc(/C=C/[N+](=O)[O-])cc1SC. The molecule has 80 valence electrons. The topological polar surface area (TPSA) is 52.4 Å². The molecule has 0 spiro atoms. The Labute approximate surface area is 92.1 Å². The van der Waals surface area contributed by atoms with Crippen molar-refractivity contribution in [3.8, 4) is 5.75 Å². The summed E-state index contributed by atoms with van der Waals surface area (Å²) in [6.45, 7) is 0. The fraction of sp³-hybridized carbons (Fsp3) is 0.200. The third kappa shape index (κ3) is 3.28. The minimum Gasteiger partial charge on any atom is -0.496 e. The standard InChI is InChI=1S/C10H11NO3S/c1-14-9-4-3-8(5-6-11(12)13)7-10(9)15-2/h3-7H,1-2H3/b6-5+. The predicted molar refractivity (Wildman–Crippen MR) is 60.8 cm³/mol. The number of hydrogen-bond donors (Lipinski definition) is 0. The van der Waals surface area contributed by atoms with Crippen molar-refractivity contribution in [1.82, 2.24) is 0 Å². The summed E-state index contributed by atoms with van der Waals surface area (Å²) < 4.78 is 5.14. The molecule has 0 saturated carbocycles. The monoisotopic (exact) mass is 225 g/mol. The van der Waals surface area contributed by atoms with Crippen molar-refractivity contribution in [3.63, 3.8) is 0 Å². The van der Waals surface area contributed by atoms with Gasteiger partial charge in [0.15, 0.2) is 0 Å². The molecule has 0 radical (unpaired) electrons. The van der Waals surface area contributed by atoms with Crippen LogP contribution < -0.4 is 4.74 Å². The van der Waals surface area contributed by atoms with E-state index >= 15 is 0 Å². The number of benzene rings is 1. The summed E-state index contributed by atoms with van der Waals surface area (Å²) in [5.74, 6) is 0.778. The van der Waals surface area contributed by atoms with Crippen LogP contribution in [-0.2, 0) is 0 Å². The summed E-state index contributed by atoms with van der Waals surface area (Å²) in [5.41, 5.74) is 0.789. The summed E-state index contributed by atoms with van der Waals surface area (Å²) in [4.78, 5) is 10.6. The molecule has 0 aliphatic heterocycles.